The fourth-order valence-electron chi connectivity index (χ4n) is 2.82. The van der Waals surface area contributed by atoms with Gasteiger partial charge >= 0.3 is 0 Å². The summed E-state index contributed by atoms with van der Waals surface area (Å²) in [6.45, 7) is 2.23. The summed E-state index contributed by atoms with van der Waals surface area (Å²) in [6, 6.07) is 0.462. The minimum absolute atomic E-state index is 0.330. The first-order valence-electron chi connectivity index (χ1n) is 6.77. The molecule has 0 radical (unpaired) electrons. The number of nitrogens with zero attached hydrogens (tertiary/aromatic N) is 2. The van der Waals surface area contributed by atoms with Crippen LogP contribution in [-0.4, -0.2) is 48.9 Å². The van der Waals surface area contributed by atoms with Crippen LogP contribution in [0.2, 0.25) is 0 Å². The van der Waals surface area contributed by atoms with Crippen molar-refractivity contribution in [3.63, 3.8) is 0 Å². The lowest BCUT2D eigenvalue weighted by molar-refractivity contribution is -0.133. The van der Waals surface area contributed by atoms with Crippen LogP contribution in [0.4, 0.5) is 0 Å². The Morgan fingerprint density at radius 1 is 1.35 bits per heavy atom. The van der Waals surface area contributed by atoms with Crippen LogP contribution in [0.25, 0.3) is 0 Å². The smallest absolute Gasteiger partial charge is 0.223 e. The van der Waals surface area contributed by atoms with Crippen LogP contribution in [0.5, 0.6) is 0 Å². The van der Waals surface area contributed by atoms with Gasteiger partial charge in [-0.1, -0.05) is 12.2 Å². The van der Waals surface area contributed by atoms with Crippen molar-refractivity contribution in [2.45, 2.75) is 38.1 Å². The van der Waals surface area contributed by atoms with E-state index in [2.05, 4.69) is 24.1 Å². The molecule has 96 valence electrons. The molecule has 0 bridgehead atoms. The summed E-state index contributed by atoms with van der Waals surface area (Å²) in [5.74, 6) is 0.826. The first-order valence-corrected chi connectivity index (χ1v) is 6.77. The minimum Gasteiger partial charge on any atom is -0.343 e. The summed E-state index contributed by atoms with van der Waals surface area (Å²) < 4.78 is 0. The number of piperidine rings is 1. The van der Waals surface area contributed by atoms with Gasteiger partial charge in [0.15, 0.2) is 0 Å². The van der Waals surface area contributed by atoms with Crippen molar-refractivity contribution in [1.29, 1.82) is 0 Å². The normalized spacial score (nSPS) is 26.4. The number of allylic oxidation sites excluding steroid dienone is 2. The van der Waals surface area contributed by atoms with Gasteiger partial charge < -0.3 is 9.80 Å². The molecule has 0 N–H and O–H groups in total. The van der Waals surface area contributed by atoms with E-state index in [9.17, 15) is 4.79 Å². The molecule has 1 atom stereocenters. The largest absolute Gasteiger partial charge is 0.343 e. The van der Waals surface area contributed by atoms with E-state index in [4.69, 9.17) is 0 Å². The van der Waals surface area contributed by atoms with Gasteiger partial charge in [-0.25, -0.2) is 0 Å². The molecule has 1 amide bonds. The van der Waals surface area contributed by atoms with Gasteiger partial charge in [0.2, 0.25) is 5.91 Å². The standard InChI is InChI=1S/C14H24N2O/c1-15-9-7-13(8-10-15)16(2)14(17)11-12-5-3-4-6-12/h3,5,12-13H,4,6-11H2,1-2H3. The monoisotopic (exact) mass is 236 g/mol. The Morgan fingerprint density at radius 2 is 2.06 bits per heavy atom. The highest BCUT2D eigenvalue weighted by molar-refractivity contribution is 5.76. The van der Waals surface area contributed by atoms with E-state index in [0.717, 1.165) is 38.8 Å². The molecule has 3 heteroatoms. The van der Waals surface area contributed by atoms with E-state index in [1.165, 1.54) is 0 Å². The Morgan fingerprint density at radius 3 is 2.65 bits per heavy atom. The molecule has 2 rings (SSSR count). The molecule has 1 aliphatic carbocycles. The SMILES string of the molecule is CN1CCC(N(C)C(=O)CC2C=CCC2)CC1. The van der Waals surface area contributed by atoms with Crippen LogP contribution >= 0.6 is 0 Å². The van der Waals surface area contributed by atoms with Gasteiger partial charge in [0, 0.05) is 19.5 Å². The second-order valence-corrected chi connectivity index (χ2v) is 5.51. The maximum Gasteiger partial charge on any atom is 0.223 e. The zero-order chi connectivity index (χ0) is 12.3. The molecular weight excluding hydrogens is 212 g/mol. The van der Waals surface area contributed by atoms with Gasteiger partial charge in [0.25, 0.3) is 0 Å². The Bertz CT molecular complexity index is 293. The maximum atomic E-state index is 12.2. The van der Waals surface area contributed by atoms with E-state index in [1.54, 1.807) is 0 Å². The van der Waals surface area contributed by atoms with Crippen LogP contribution in [0, 0.1) is 5.92 Å². The van der Waals surface area contributed by atoms with E-state index >= 15 is 0 Å². The topological polar surface area (TPSA) is 23.6 Å². The Labute approximate surface area is 104 Å². The molecule has 0 aromatic rings. The Balaban J connectivity index is 1.80. The van der Waals surface area contributed by atoms with Crippen LogP contribution in [0.3, 0.4) is 0 Å². The maximum absolute atomic E-state index is 12.2. The van der Waals surface area contributed by atoms with Crippen LogP contribution in [0.1, 0.15) is 32.1 Å². The molecular formula is C14H24N2O. The third kappa shape index (κ3) is 3.32. The van der Waals surface area contributed by atoms with Gasteiger partial charge in [0.1, 0.15) is 0 Å². The highest BCUT2D eigenvalue weighted by atomic mass is 16.2. The quantitative estimate of drug-likeness (QED) is 0.699. The number of hydrogen-bond acceptors (Lipinski definition) is 2. The zero-order valence-corrected chi connectivity index (χ0v) is 11.1. The average Bonchev–Trinajstić information content (AvgIpc) is 2.82. The van der Waals surface area contributed by atoms with Gasteiger partial charge in [0.05, 0.1) is 0 Å². The van der Waals surface area contributed by atoms with E-state index in [1.807, 2.05) is 11.9 Å². The Kier molecular flexibility index (Phi) is 4.21. The molecule has 3 nitrogen and oxygen atoms in total. The fourth-order valence-corrected chi connectivity index (χ4v) is 2.82. The summed E-state index contributed by atoms with van der Waals surface area (Å²) >= 11 is 0. The van der Waals surface area contributed by atoms with Crippen LogP contribution in [-0.2, 0) is 4.79 Å². The highest BCUT2D eigenvalue weighted by Crippen LogP contribution is 2.22. The van der Waals surface area contributed by atoms with Gasteiger partial charge in [-0.15, -0.1) is 0 Å². The predicted octanol–water partition coefficient (Wildman–Crippen LogP) is 1.90. The van der Waals surface area contributed by atoms with Crippen molar-refractivity contribution in [2.75, 3.05) is 27.2 Å². The van der Waals surface area contributed by atoms with Crippen LogP contribution in [0.15, 0.2) is 12.2 Å². The van der Waals surface area contributed by atoms with Gasteiger partial charge in [-0.3, -0.25) is 4.79 Å². The molecule has 1 fully saturated rings. The van der Waals surface area contributed by atoms with Gasteiger partial charge in [-0.2, -0.15) is 0 Å². The molecule has 1 aliphatic heterocycles. The van der Waals surface area contributed by atoms with Crippen molar-refractivity contribution in [2.24, 2.45) is 5.92 Å². The lowest BCUT2D eigenvalue weighted by atomic mass is 10.0. The number of carbonyl (C=O) groups is 1. The van der Waals surface area contributed by atoms with Crippen molar-refractivity contribution >= 4 is 5.91 Å². The molecule has 17 heavy (non-hydrogen) atoms. The second kappa shape index (κ2) is 5.67. The lowest BCUT2D eigenvalue weighted by Crippen LogP contribution is -2.44. The van der Waals surface area contributed by atoms with Crippen LogP contribution < -0.4 is 0 Å². The Hall–Kier alpha value is -0.830. The number of likely N-dealkylation sites (tertiary alicyclic amines) is 1. The van der Waals surface area contributed by atoms with Gasteiger partial charge in [-0.05, 0) is 51.7 Å². The first kappa shape index (κ1) is 12.6. The molecule has 0 saturated carbocycles. The van der Waals surface area contributed by atoms with E-state index in [0.29, 0.717) is 24.3 Å². The zero-order valence-electron chi connectivity index (χ0n) is 11.1. The van der Waals surface area contributed by atoms with Crippen molar-refractivity contribution in [3.05, 3.63) is 12.2 Å². The molecule has 1 heterocycles. The number of carbonyl (C=O) groups excluding carboxylic acids is 1. The molecule has 0 aromatic heterocycles. The molecule has 1 unspecified atom stereocenters. The average molecular weight is 236 g/mol. The summed E-state index contributed by atoms with van der Waals surface area (Å²) in [7, 11) is 4.14. The first-order chi connectivity index (χ1) is 8.16. The predicted molar refractivity (Wildman–Crippen MR) is 69.8 cm³/mol. The molecule has 2 aliphatic rings. The number of hydrogen-bond donors (Lipinski definition) is 0. The van der Waals surface area contributed by atoms with Crippen molar-refractivity contribution in [1.82, 2.24) is 9.80 Å². The summed E-state index contributed by atoms with van der Waals surface area (Å²) in [5.41, 5.74) is 0. The van der Waals surface area contributed by atoms with Crippen molar-refractivity contribution < 1.29 is 4.79 Å². The number of amides is 1. The molecule has 0 spiro atoms. The minimum atomic E-state index is 0.330. The highest BCUT2D eigenvalue weighted by Gasteiger charge is 2.25. The lowest BCUT2D eigenvalue weighted by Gasteiger charge is -2.35. The van der Waals surface area contributed by atoms with E-state index in [-0.39, 0.29) is 0 Å². The molecule has 0 aromatic carbocycles. The van der Waals surface area contributed by atoms with E-state index < -0.39 is 0 Å². The third-order valence-corrected chi connectivity index (χ3v) is 4.18. The number of rotatable bonds is 3. The molecule has 1 saturated heterocycles. The summed E-state index contributed by atoms with van der Waals surface area (Å²) in [4.78, 5) is 16.5. The van der Waals surface area contributed by atoms with Crippen molar-refractivity contribution in [3.8, 4) is 0 Å². The fraction of sp³-hybridized carbons (Fsp3) is 0.786. The summed E-state index contributed by atoms with van der Waals surface area (Å²) in [6.07, 6.45) is 9.68. The second-order valence-electron chi connectivity index (χ2n) is 5.51. The summed E-state index contributed by atoms with van der Waals surface area (Å²) in [5, 5.41) is 0. The third-order valence-electron chi connectivity index (χ3n) is 4.18.